The van der Waals surface area contributed by atoms with Gasteiger partial charge >= 0.3 is 0 Å². The van der Waals surface area contributed by atoms with Crippen LogP contribution in [0.15, 0.2) is 24.3 Å². The summed E-state index contributed by atoms with van der Waals surface area (Å²) in [5, 5.41) is 0. The van der Waals surface area contributed by atoms with Gasteiger partial charge in [0.05, 0.1) is 0 Å². The molecular weight excluding hydrogens is 208 g/mol. The lowest BCUT2D eigenvalue weighted by molar-refractivity contribution is 0.0980. The molecule has 0 saturated heterocycles. The van der Waals surface area contributed by atoms with E-state index in [-0.39, 0.29) is 5.78 Å². The quantitative estimate of drug-likeness (QED) is 0.546. The largest absolute Gasteiger partial charge is 0.294 e. The molecule has 1 rings (SSSR count). The van der Waals surface area contributed by atoms with E-state index in [1.807, 2.05) is 24.3 Å². The molecule has 0 amide bonds. The second kappa shape index (κ2) is 5.92. The van der Waals surface area contributed by atoms with E-state index < -0.39 is 0 Å². The van der Waals surface area contributed by atoms with Crippen LogP contribution < -0.4 is 0 Å². The molecular formula is C13H17ClO. The summed E-state index contributed by atoms with van der Waals surface area (Å²) in [6.45, 7) is 4.21. The van der Waals surface area contributed by atoms with Crippen LogP contribution in [0.4, 0.5) is 0 Å². The number of rotatable bonds is 5. The first-order valence-corrected chi connectivity index (χ1v) is 5.88. The van der Waals surface area contributed by atoms with Gasteiger partial charge in [-0.05, 0) is 17.9 Å². The number of carbonyl (C=O) groups excluding carboxylic acids is 1. The molecule has 0 aliphatic heterocycles. The van der Waals surface area contributed by atoms with E-state index in [2.05, 4.69) is 13.8 Å². The number of ketones is 1. The lowest BCUT2D eigenvalue weighted by Crippen LogP contribution is -2.05. The molecule has 1 aromatic rings. The van der Waals surface area contributed by atoms with Crippen molar-refractivity contribution in [1.29, 1.82) is 0 Å². The summed E-state index contributed by atoms with van der Waals surface area (Å²) in [6.07, 6.45) is 1.31. The summed E-state index contributed by atoms with van der Waals surface area (Å²) in [5.74, 6) is 1.15. The van der Waals surface area contributed by atoms with E-state index in [1.54, 1.807) is 0 Å². The van der Waals surface area contributed by atoms with Gasteiger partial charge in [-0.3, -0.25) is 4.79 Å². The van der Waals surface area contributed by atoms with Crippen LogP contribution in [0.5, 0.6) is 0 Å². The number of Topliss-reactive ketones (excluding diaryl/α,β-unsaturated/α-hetero) is 1. The van der Waals surface area contributed by atoms with Crippen LogP contribution in [0.2, 0.25) is 0 Å². The molecule has 15 heavy (non-hydrogen) atoms. The van der Waals surface area contributed by atoms with Crippen LogP contribution in [0.3, 0.4) is 0 Å². The number of carbonyl (C=O) groups is 1. The molecule has 0 saturated carbocycles. The van der Waals surface area contributed by atoms with Crippen LogP contribution in [0.1, 0.15) is 48.5 Å². The van der Waals surface area contributed by atoms with E-state index in [4.69, 9.17) is 11.6 Å². The predicted molar refractivity (Wildman–Crippen MR) is 64.8 cm³/mol. The van der Waals surface area contributed by atoms with Crippen molar-refractivity contribution in [3.8, 4) is 0 Å². The highest BCUT2D eigenvalue weighted by Gasteiger charge is 2.12. The van der Waals surface area contributed by atoms with E-state index in [1.165, 1.54) is 0 Å². The minimum absolute atomic E-state index is 0.208. The predicted octanol–water partition coefficient (Wildman–Crippen LogP) is 4.01. The normalized spacial score (nSPS) is 10.7. The molecule has 0 atom stereocenters. The number of halogens is 1. The Morgan fingerprint density at radius 1 is 1.33 bits per heavy atom. The SMILES string of the molecule is CC(C)c1ccccc1C(=O)CCCCl. The standard InChI is InChI=1S/C13H17ClO/c1-10(2)11-6-3-4-7-12(11)13(15)8-5-9-14/h3-4,6-7,10H,5,8-9H2,1-2H3. The summed E-state index contributed by atoms with van der Waals surface area (Å²) < 4.78 is 0. The third kappa shape index (κ3) is 3.35. The fraction of sp³-hybridized carbons (Fsp3) is 0.462. The van der Waals surface area contributed by atoms with Crippen LogP contribution in [-0.4, -0.2) is 11.7 Å². The number of alkyl halides is 1. The van der Waals surface area contributed by atoms with Gasteiger partial charge in [0.15, 0.2) is 5.78 Å². The molecule has 1 aromatic carbocycles. The highest BCUT2D eigenvalue weighted by molar-refractivity contribution is 6.18. The molecule has 0 unspecified atom stereocenters. The summed E-state index contributed by atoms with van der Waals surface area (Å²) in [4.78, 5) is 11.9. The lowest BCUT2D eigenvalue weighted by atomic mass is 9.93. The van der Waals surface area contributed by atoms with E-state index in [0.717, 1.165) is 17.5 Å². The highest BCUT2D eigenvalue weighted by atomic mass is 35.5. The second-order valence-corrected chi connectivity index (χ2v) is 4.34. The molecule has 0 radical (unpaired) electrons. The summed E-state index contributed by atoms with van der Waals surface area (Å²) in [7, 11) is 0. The van der Waals surface area contributed by atoms with Gasteiger partial charge in [-0.25, -0.2) is 0 Å². The zero-order chi connectivity index (χ0) is 11.3. The van der Waals surface area contributed by atoms with Crippen molar-refractivity contribution in [3.05, 3.63) is 35.4 Å². The smallest absolute Gasteiger partial charge is 0.163 e. The first-order valence-electron chi connectivity index (χ1n) is 5.35. The van der Waals surface area contributed by atoms with Crippen molar-refractivity contribution >= 4 is 17.4 Å². The van der Waals surface area contributed by atoms with E-state index >= 15 is 0 Å². The van der Waals surface area contributed by atoms with Crippen LogP contribution in [0.25, 0.3) is 0 Å². The number of hydrogen-bond acceptors (Lipinski definition) is 1. The van der Waals surface area contributed by atoms with Crippen LogP contribution >= 0.6 is 11.6 Å². The maximum Gasteiger partial charge on any atom is 0.163 e. The third-order valence-electron chi connectivity index (χ3n) is 2.42. The molecule has 2 heteroatoms. The van der Waals surface area contributed by atoms with Crippen molar-refractivity contribution in [2.45, 2.75) is 32.6 Å². The minimum atomic E-state index is 0.208. The van der Waals surface area contributed by atoms with Gasteiger partial charge in [-0.2, -0.15) is 0 Å². The first-order chi connectivity index (χ1) is 7.16. The van der Waals surface area contributed by atoms with Gasteiger partial charge < -0.3 is 0 Å². The Bertz CT molecular complexity index is 331. The summed E-state index contributed by atoms with van der Waals surface area (Å²) >= 11 is 5.58. The summed E-state index contributed by atoms with van der Waals surface area (Å²) in [5.41, 5.74) is 2.00. The van der Waals surface area contributed by atoms with Crippen molar-refractivity contribution in [2.24, 2.45) is 0 Å². The Hall–Kier alpha value is -0.820. The molecule has 0 N–H and O–H groups in total. The van der Waals surface area contributed by atoms with Crippen molar-refractivity contribution < 1.29 is 4.79 Å². The van der Waals surface area contributed by atoms with E-state index in [0.29, 0.717) is 18.2 Å². The Kier molecular flexibility index (Phi) is 4.83. The fourth-order valence-corrected chi connectivity index (χ4v) is 1.75. The van der Waals surface area contributed by atoms with E-state index in [9.17, 15) is 4.79 Å². The summed E-state index contributed by atoms with van der Waals surface area (Å²) in [6, 6.07) is 7.83. The third-order valence-corrected chi connectivity index (χ3v) is 2.69. The fourth-order valence-electron chi connectivity index (χ4n) is 1.62. The Morgan fingerprint density at radius 2 is 2.00 bits per heavy atom. The molecule has 0 aromatic heterocycles. The van der Waals surface area contributed by atoms with Gasteiger partial charge in [0.1, 0.15) is 0 Å². The maximum absolute atomic E-state index is 11.9. The van der Waals surface area contributed by atoms with Gasteiger partial charge in [0, 0.05) is 17.9 Å². The van der Waals surface area contributed by atoms with Gasteiger partial charge in [-0.15, -0.1) is 11.6 Å². The molecule has 0 fully saturated rings. The maximum atomic E-state index is 11.9. The zero-order valence-electron chi connectivity index (χ0n) is 9.29. The van der Waals surface area contributed by atoms with Gasteiger partial charge in [0.25, 0.3) is 0 Å². The number of hydrogen-bond donors (Lipinski definition) is 0. The van der Waals surface area contributed by atoms with Crippen LogP contribution in [0, 0.1) is 0 Å². The highest BCUT2D eigenvalue weighted by Crippen LogP contribution is 2.20. The zero-order valence-corrected chi connectivity index (χ0v) is 10.1. The lowest BCUT2D eigenvalue weighted by Gasteiger charge is -2.11. The van der Waals surface area contributed by atoms with Crippen molar-refractivity contribution in [2.75, 3.05) is 5.88 Å². The first kappa shape index (κ1) is 12.3. The molecule has 0 aliphatic rings. The second-order valence-electron chi connectivity index (χ2n) is 3.96. The average Bonchev–Trinajstić information content (AvgIpc) is 2.25. The Labute approximate surface area is 96.5 Å². The minimum Gasteiger partial charge on any atom is -0.294 e. The van der Waals surface area contributed by atoms with Crippen molar-refractivity contribution in [3.63, 3.8) is 0 Å². The number of benzene rings is 1. The van der Waals surface area contributed by atoms with Gasteiger partial charge in [-0.1, -0.05) is 38.1 Å². The topological polar surface area (TPSA) is 17.1 Å². The van der Waals surface area contributed by atoms with Gasteiger partial charge in [0.2, 0.25) is 0 Å². The molecule has 0 heterocycles. The molecule has 0 spiro atoms. The van der Waals surface area contributed by atoms with Crippen LogP contribution in [-0.2, 0) is 0 Å². The molecule has 82 valence electrons. The molecule has 0 aliphatic carbocycles. The van der Waals surface area contributed by atoms with Crippen molar-refractivity contribution in [1.82, 2.24) is 0 Å². The Balaban J connectivity index is 2.87. The Morgan fingerprint density at radius 3 is 2.60 bits per heavy atom. The molecule has 1 nitrogen and oxygen atoms in total. The monoisotopic (exact) mass is 224 g/mol. The molecule has 0 bridgehead atoms. The average molecular weight is 225 g/mol.